The molecular formula is C22H37NO. The predicted octanol–water partition coefficient (Wildman–Crippen LogP) is 4.90. The summed E-state index contributed by atoms with van der Waals surface area (Å²) in [5.74, 6) is 7.77. The van der Waals surface area contributed by atoms with Crippen LogP contribution in [0.2, 0.25) is 0 Å². The lowest BCUT2D eigenvalue weighted by Crippen LogP contribution is -2.43. The summed E-state index contributed by atoms with van der Waals surface area (Å²) >= 11 is 0. The Morgan fingerprint density at radius 1 is 0.750 bits per heavy atom. The molecule has 0 amide bonds. The molecule has 0 unspecified atom stereocenters. The zero-order valence-electron chi connectivity index (χ0n) is 15.6. The fourth-order valence-electron chi connectivity index (χ4n) is 4.98. The Bertz CT molecular complexity index is 415. The highest BCUT2D eigenvalue weighted by Gasteiger charge is 2.30. The Labute approximate surface area is 149 Å². The third-order valence-electron chi connectivity index (χ3n) is 6.51. The number of nitrogens with zero attached hydrogens (tertiary/aromatic N) is 1. The van der Waals surface area contributed by atoms with E-state index < -0.39 is 5.60 Å². The van der Waals surface area contributed by atoms with E-state index in [4.69, 9.17) is 0 Å². The molecule has 1 saturated heterocycles. The van der Waals surface area contributed by atoms with Crippen molar-refractivity contribution in [3.63, 3.8) is 0 Å². The smallest absolute Gasteiger partial charge is 0.125 e. The van der Waals surface area contributed by atoms with Crippen molar-refractivity contribution in [1.29, 1.82) is 0 Å². The molecule has 1 N–H and O–H groups in total. The summed E-state index contributed by atoms with van der Waals surface area (Å²) < 4.78 is 0. The summed E-state index contributed by atoms with van der Waals surface area (Å²) in [5, 5.41) is 10.8. The van der Waals surface area contributed by atoms with Crippen LogP contribution >= 0.6 is 0 Å². The summed E-state index contributed by atoms with van der Waals surface area (Å²) in [5.41, 5.74) is -0.687. The maximum absolute atomic E-state index is 10.8. The highest BCUT2D eigenvalue weighted by atomic mass is 16.3. The van der Waals surface area contributed by atoms with Crippen LogP contribution in [-0.4, -0.2) is 34.7 Å². The van der Waals surface area contributed by atoms with E-state index in [-0.39, 0.29) is 0 Å². The summed E-state index contributed by atoms with van der Waals surface area (Å²) in [6.07, 6.45) is 19.0. The second kappa shape index (κ2) is 9.25. The molecule has 2 saturated carbocycles. The van der Waals surface area contributed by atoms with Gasteiger partial charge in [-0.2, -0.15) is 0 Å². The van der Waals surface area contributed by atoms with Crippen molar-refractivity contribution in [2.75, 3.05) is 13.1 Å². The largest absolute Gasteiger partial charge is 0.378 e. The standard InChI is InChI=1S/C22H37NO/c24-22(15-8-5-9-16-22)17-14-21(20-12-6-4-7-13-20)23-18-10-2-1-3-11-19-23/h20-21,24H,1-13,15-16,18-19H2/t21-/m0/s1. The molecule has 0 radical (unpaired) electrons. The van der Waals surface area contributed by atoms with Gasteiger partial charge in [0, 0.05) is 0 Å². The summed E-state index contributed by atoms with van der Waals surface area (Å²) in [6, 6.07) is 0.398. The van der Waals surface area contributed by atoms with Crippen LogP contribution in [-0.2, 0) is 0 Å². The van der Waals surface area contributed by atoms with Gasteiger partial charge in [0.15, 0.2) is 0 Å². The predicted molar refractivity (Wildman–Crippen MR) is 101 cm³/mol. The van der Waals surface area contributed by atoms with Gasteiger partial charge in [-0.15, -0.1) is 0 Å². The van der Waals surface area contributed by atoms with Gasteiger partial charge in [-0.05, 0) is 70.4 Å². The highest BCUT2D eigenvalue weighted by Crippen LogP contribution is 2.31. The minimum atomic E-state index is -0.687. The first kappa shape index (κ1) is 18.3. The number of likely N-dealkylation sites (tertiary alicyclic amines) is 1. The van der Waals surface area contributed by atoms with Gasteiger partial charge in [-0.1, -0.05) is 56.8 Å². The second-order valence-electron chi connectivity index (χ2n) is 8.51. The molecule has 0 aromatic rings. The highest BCUT2D eigenvalue weighted by molar-refractivity contribution is 5.20. The second-order valence-corrected chi connectivity index (χ2v) is 8.51. The van der Waals surface area contributed by atoms with Crippen LogP contribution in [0.15, 0.2) is 0 Å². The van der Waals surface area contributed by atoms with Crippen LogP contribution in [0.5, 0.6) is 0 Å². The van der Waals surface area contributed by atoms with Gasteiger partial charge in [0.05, 0.1) is 6.04 Å². The molecule has 0 aromatic heterocycles. The van der Waals surface area contributed by atoms with E-state index in [1.807, 2.05) is 0 Å². The number of aliphatic hydroxyl groups is 1. The minimum absolute atomic E-state index is 0.398. The summed E-state index contributed by atoms with van der Waals surface area (Å²) in [6.45, 7) is 2.43. The van der Waals surface area contributed by atoms with E-state index in [1.165, 1.54) is 83.7 Å². The number of hydrogen-bond acceptors (Lipinski definition) is 2. The van der Waals surface area contributed by atoms with Crippen molar-refractivity contribution in [3.8, 4) is 11.8 Å². The van der Waals surface area contributed by atoms with Gasteiger partial charge in [0.2, 0.25) is 0 Å². The van der Waals surface area contributed by atoms with E-state index in [2.05, 4.69) is 16.7 Å². The molecule has 2 nitrogen and oxygen atoms in total. The SMILES string of the molecule is OC1(C#C[C@@H](C2CCCCC2)N2CCCCCCC2)CCCCC1. The summed E-state index contributed by atoms with van der Waals surface area (Å²) in [4.78, 5) is 2.69. The summed E-state index contributed by atoms with van der Waals surface area (Å²) in [7, 11) is 0. The Kier molecular flexibility index (Phi) is 7.05. The van der Waals surface area contributed by atoms with Gasteiger partial charge < -0.3 is 5.11 Å². The van der Waals surface area contributed by atoms with Gasteiger partial charge >= 0.3 is 0 Å². The van der Waals surface area contributed by atoms with E-state index in [0.29, 0.717) is 6.04 Å². The molecule has 0 bridgehead atoms. The molecule has 1 aliphatic heterocycles. The van der Waals surface area contributed by atoms with Gasteiger partial charge in [0.25, 0.3) is 0 Å². The first-order valence-electron chi connectivity index (χ1n) is 10.8. The molecular weight excluding hydrogens is 294 g/mol. The quantitative estimate of drug-likeness (QED) is 0.728. The molecule has 0 aromatic carbocycles. The lowest BCUT2D eigenvalue weighted by atomic mass is 9.81. The van der Waals surface area contributed by atoms with Crippen molar-refractivity contribution in [1.82, 2.24) is 4.90 Å². The average molecular weight is 332 g/mol. The van der Waals surface area contributed by atoms with Crippen molar-refractivity contribution in [3.05, 3.63) is 0 Å². The van der Waals surface area contributed by atoms with Crippen molar-refractivity contribution < 1.29 is 5.11 Å². The molecule has 1 atom stereocenters. The third kappa shape index (κ3) is 5.24. The third-order valence-corrected chi connectivity index (χ3v) is 6.51. The average Bonchev–Trinajstić information content (AvgIpc) is 2.58. The zero-order chi connectivity index (χ0) is 16.7. The van der Waals surface area contributed by atoms with Gasteiger partial charge in [-0.3, -0.25) is 4.90 Å². The van der Waals surface area contributed by atoms with Crippen molar-refractivity contribution in [2.24, 2.45) is 5.92 Å². The monoisotopic (exact) mass is 331 g/mol. The molecule has 3 fully saturated rings. The Hall–Kier alpha value is -0.520. The number of rotatable bonds is 2. The fraction of sp³-hybridized carbons (Fsp3) is 0.909. The zero-order valence-corrected chi connectivity index (χ0v) is 15.6. The molecule has 136 valence electrons. The minimum Gasteiger partial charge on any atom is -0.378 e. The normalized spacial score (nSPS) is 28.2. The molecule has 1 heterocycles. The van der Waals surface area contributed by atoms with E-state index in [9.17, 15) is 5.11 Å². The van der Waals surface area contributed by atoms with Crippen LogP contribution in [0.25, 0.3) is 0 Å². The van der Waals surface area contributed by atoms with E-state index >= 15 is 0 Å². The Balaban J connectivity index is 1.73. The molecule has 3 aliphatic rings. The lowest BCUT2D eigenvalue weighted by molar-refractivity contribution is 0.0602. The lowest BCUT2D eigenvalue weighted by Gasteiger charge is -2.37. The van der Waals surface area contributed by atoms with Crippen LogP contribution in [0.1, 0.15) is 96.3 Å². The van der Waals surface area contributed by atoms with E-state index in [1.54, 1.807) is 0 Å². The molecule has 24 heavy (non-hydrogen) atoms. The first-order chi connectivity index (χ1) is 11.8. The van der Waals surface area contributed by atoms with Crippen LogP contribution < -0.4 is 0 Å². The van der Waals surface area contributed by atoms with Gasteiger partial charge in [-0.25, -0.2) is 0 Å². The van der Waals surface area contributed by atoms with Gasteiger partial charge in [0.1, 0.15) is 5.60 Å². The maximum Gasteiger partial charge on any atom is 0.125 e. The Morgan fingerprint density at radius 2 is 1.29 bits per heavy atom. The van der Waals surface area contributed by atoms with Crippen LogP contribution in [0.3, 0.4) is 0 Å². The molecule has 0 spiro atoms. The van der Waals surface area contributed by atoms with Crippen LogP contribution in [0, 0.1) is 17.8 Å². The molecule has 2 aliphatic carbocycles. The maximum atomic E-state index is 10.8. The van der Waals surface area contributed by atoms with Crippen molar-refractivity contribution >= 4 is 0 Å². The first-order valence-corrected chi connectivity index (χ1v) is 10.8. The Morgan fingerprint density at radius 3 is 1.96 bits per heavy atom. The number of hydrogen-bond donors (Lipinski definition) is 1. The topological polar surface area (TPSA) is 23.5 Å². The molecule has 2 heteroatoms. The van der Waals surface area contributed by atoms with Crippen LogP contribution in [0.4, 0.5) is 0 Å². The molecule has 3 rings (SSSR count). The van der Waals surface area contributed by atoms with E-state index in [0.717, 1.165) is 31.6 Å². The van der Waals surface area contributed by atoms with Crippen molar-refractivity contribution in [2.45, 2.75) is 108 Å². The fourth-order valence-corrected chi connectivity index (χ4v) is 4.98.